The lowest BCUT2D eigenvalue weighted by Gasteiger charge is -2.30. The molecule has 4 nitrogen and oxygen atoms in total. The molecule has 21 heavy (non-hydrogen) atoms. The first-order valence-electron chi connectivity index (χ1n) is 6.77. The first-order chi connectivity index (χ1) is 10.4. The fourth-order valence-corrected chi connectivity index (χ4v) is 1.88. The number of para-hydroxylation sites is 2. The Bertz CT molecular complexity index is 527. The molecular formula is C17H16O4. The largest absolute Gasteiger partial charge is 0.510 e. The van der Waals surface area contributed by atoms with Crippen LogP contribution in [-0.4, -0.2) is 19.4 Å². The van der Waals surface area contributed by atoms with E-state index in [1.54, 1.807) is 0 Å². The quantitative estimate of drug-likeness (QED) is 0.637. The second kappa shape index (κ2) is 6.43. The molecule has 0 saturated carbocycles. The van der Waals surface area contributed by atoms with Crippen LogP contribution in [0.15, 0.2) is 72.8 Å². The van der Waals surface area contributed by atoms with Crippen LogP contribution in [0.1, 0.15) is 0 Å². The molecule has 0 aliphatic carbocycles. The van der Waals surface area contributed by atoms with Crippen LogP contribution < -0.4 is 9.47 Å². The predicted octanol–water partition coefficient (Wildman–Crippen LogP) is 3.36. The molecule has 0 aromatic heterocycles. The summed E-state index contributed by atoms with van der Waals surface area (Å²) in [6, 6.07) is 18.6. The lowest BCUT2D eigenvalue weighted by molar-refractivity contribution is -0.431. The second-order valence-electron chi connectivity index (χ2n) is 4.42. The van der Waals surface area contributed by atoms with E-state index in [1.807, 2.05) is 72.8 Å². The highest BCUT2D eigenvalue weighted by molar-refractivity contribution is 5.23. The fourth-order valence-electron chi connectivity index (χ4n) is 1.88. The van der Waals surface area contributed by atoms with Crippen LogP contribution in [0.2, 0.25) is 0 Å². The van der Waals surface area contributed by atoms with Gasteiger partial charge in [-0.1, -0.05) is 48.6 Å². The van der Waals surface area contributed by atoms with Gasteiger partial charge >= 0.3 is 6.16 Å². The highest BCUT2D eigenvalue weighted by Crippen LogP contribution is 2.26. The summed E-state index contributed by atoms with van der Waals surface area (Å²) in [6.07, 6.45) is 2.14. The van der Waals surface area contributed by atoms with Gasteiger partial charge in [-0.15, -0.1) is 0 Å². The molecule has 0 fully saturated rings. The lowest BCUT2D eigenvalue weighted by atomic mass is 10.3. The van der Waals surface area contributed by atoms with E-state index in [1.165, 1.54) is 0 Å². The zero-order valence-electron chi connectivity index (χ0n) is 11.5. The summed E-state index contributed by atoms with van der Waals surface area (Å²) in [5, 5.41) is 0. The maximum atomic E-state index is 5.82. The minimum absolute atomic E-state index is 0.347. The Hall–Kier alpha value is -2.30. The highest BCUT2D eigenvalue weighted by Gasteiger charge is 2.40. The van der Waals surface area contributed by atoms with Crippen LogP contribution in [0.4, 0.5) is 0 Å². The van der Waals surface area contributed by atoms with Gasteiger partial charge in [0, 0.05) is 0 Å². The van der Waals surface area contributed by atoms with Crippen LogP contribution >= 0.6 is 0 Å². The molecule has 0 bridgehead atoms. The molecule has 1 heterocycles. The van der Waals surface area contributed by atoms with Crippen LogP contribution in [0.3, 0.4) is 0 Å². The summed E-state index contributed by atoms with van der Waals surface area (Å²) in [6.45, 7) is 0.694. The topological polar surface area (TPSA) is 36.9 Å². The molecule has 0 radical (unpaired) electrons. The smallest absolute Gasteiger partial charge is 0.407 e. The van der Waals surface area contributed by atoms with E-state index in [2.05, 4.69) is 0 Å². The average molecular weight is 284 g/mol. The molecule has 2 aromatic rings. The third kappa shape index (κ3) is 3.62. The van der Waals surface area contributed by atoms with E-state index in [0.717, 1.165) is 0 Å². The second-order valence-corrected chi connectivity index (χ2v) is 4.42. The van der Waals surface area contributed by atoms with Gasteiger partial charge in [0.05, 0.1) is 13.2 Å². The zero-order valence-corrected chi connectivity index (χ0v) is 11.5. The monoisotopic (exact) mass is 284 g/mol. The summed E-state index contributed by atoms with van der Waals surface area (Å²) in [5.74, 6) is 1.21. The van der Waals surface area contributed by atoms with Gasteiger partial charge in [-0.3, -0.25) is 9.47 Å². The van der Waals surface area contributed by atoms with E-state index >= 15 is 0 Å². The number of benzene rings is 2. The Morgan fingerprint density at radius 3 is 1.52 bits per heavy atom. The Labute approximate surface area is 123 Å². The Morgan fingerprint density at radius 1 is 0.667 bits per heavy atom. The minimum atomic E-state index is -1.59. The Balaban J connectivity index is 1.84. The molecule has 0 saturated heterocycles. The van der Waals surface area contributed by atoms with Gasteiger partial charge in [-0.05, 0) is 24.3 Å². The van der Waals surface area contributed by atoms with Gasteiger partial charge in [0.15, 0.2) is 0 Å². The molecule has 0 amide bonds. The van der Waals surface area contributed by atoms with Crippen molar-refractivity contribution in [3.05, 3.63) is 72.8 Å². The minimum Gasteiger partial charge on any atom is -0.407 e. The first-order valence-corrected chi connectivity index (χ1v) is 6.77. The van der Waals surface area contributed by atoms with Crippen molar-refractivity contribution in [1.29, 1.82) is 0 Å². The molecule has 108 valence electrons. The molecular weight excluding hydrogens is 268 g/mol. The average Bonchev–Trinajstić information content (AvgIpc) is 2.75. The summed E-state index contributed by atoms with van der Waals surface area (Å²) in [7, 11) is 0. The molecule has 0 atom stereocenters. The fraction of sp³-hybridized carbons (Fsp3) is 0.176. The van der Waals surface area contributed by atoms with Crippen molar-refractivity contribution in [3.63, 3.8) is 0 Å². The van der Waals surface area contributed by atoms with E-state index in [9.17, 15) is 0 Å². The van der Waals surface area contributed by atoms with Gasteiger partial charge in [-0.25, -0.2) is 0 Å². The van der Waals surface area contributed by atoms with Crippen molar-refractivity contribution < 1.29 is 18.9 Å². The Morgan fingerprint density at radius 2 is 1.10 bits per heavy atom. The molecule has 4 heteroatoms. The molecule has 0 N–H and O–H groups in total. The van der Waals surface area contributed by atoms with E-state index in [0.29, 0.717) is 24.7 Å². The van der Waals surface area contributed by atoms with Crippen molar-refractivity contribution in [2.24, 2.45) is 0 Å². The van der Waals surface area contributed by atoms with Crippen LogP contribution in [0.5, 0.6) is 11.5 Å². The van der Waals surface area contributed by atoms with Crippen molar-refractivity contribution in [2.75, 3.05) is 13.2 Å². The van der Waals surface area contributed by atoms with E-state index in [-0.39, 0.29) is 0 Å². The zero-order chi connectivity index (χ0) is 14.4. The molecule has 3 rings (SSSR count). The van der Waals surface area contributed by atoms with Crippen LogP contribution in [0, 0.1) is 0 Å². The summed E-state index contributed by atoms with van der Waals surface area (Å²) < 4.78 is 22.9. The lowest BCUT2D eigenvalue weighted by Crippen LogP contribution is -2.47. The van der Waals surface area contributed by atoms with Crippen LogP contribution in [-0.2, 0) is 9.47 Å². The van der Waals surface area contributed by atoms with Gasteiger partial charge in [0.1, 0.15) is 11.5 Å². The molecule has 0 unspecified atom stereocenters. The molecule has 2 aromatic carbocycles. The summed E-state index contributed by atoms with van der Waals surface area (Å²) in [5.41, 5.74) is 0. The maximum Gasteiger partial charge on any atom is 0.510 e. The molecule has 1 aliphatic heterocycles. The molecule has 0 spiro atoms. The van der Waals surface area contributed by atoms with Gasteiger partial charge in [0.2, 0.25) is 0 Å². The van der Waals surface area contributed by atoms with Crippen molar-refractivity contribution in [1.82, 2.24) is 0 Å². The predicted molar refractivity (Wildman–Crippen MR) is 77.9 cm³/mol. The van der Waals surface area contributed by atoms with Crippen molar-refractivity contribution >= 4 is 0 Å². The Kier molecular flexibility index (Phi) is 4.19. The number of ether oxygens (including phenoxy) is 4. The van der Waals surface area contributed by atoms with Crippen molar-refractivity contribution in [3.8, 4) is 11.5 Å². The van der Waals surface area contributed by atoms with Crippen LogP contribution in [0.25, 0.3) is 0 Å². The van der Waals surface area contributed by atoms with Gasteiger partial charge < -0.3 is 9.47 Å². The number of rotatable bonds is 4. The highest BCUT2D eigenvalue weighted by atomic mass is 17.0. The first kappa shape index (κ1) is 13.7. The van der Waals surface area contributed by atoms with Crippen molar-refractivity contribution in [2.45, 2.75) is 6.16 Å². The summed E-state index contributed by atoms with van der Waals surface area (Å²) in [4.78, 5) is 0. The SMILES string of the molecule is C1=CCOC(Oc2ccccc2)(Oc2ccccc2)OC1. The number of hydrogen-bond donors (Lipinski definition) is 0. The van der Waals surface area contributed by atoms with E-state index in [4.69, 9.17) is 18.9 Å². The molecule has 1 aliphatic rings. The maximum absolute atomic E-state index is 5.82. The third-order valence-corrected chi connectivity index (χ3v) is 2.85. The normalized spacial score (nSPS) is 17.0. The number of hydrogen-bond acceptors (Lipinski definition) is 4. The summed E-state index contributed by atoms with van der Waals surface area (Å²) >= 11 is 0. The standard InChI is InChI=1S/C17H16O4/c1-3-9-15(10-4-1)20-17(18-13-7-8-14-19-17)21-16-11-5-2-6-12-16/h1-12H,13-14H2. The third-order valence-electron chi connectivity index (χ3n) is 2.85. The van der Waals surface area contributed by atoms with Gasteiger partial charge in [0.25, 0.3) is 0 Å². The van der Waals surface area contributed by atoms with Gasteiger partial charge in [-0.2, -0.15) is 0 Å². The van der Waals surface area contributed by atoms with E-state index < -0.39 is 6.16 Å².